The average Bonchev–Trinajstić information content (AvgIpc) is 2.42. The molecular formula is C15H15BrFNO. The van der Waals surface area contributed by atoms with Crippen molar-refractivity contribution in [2.45, 2.75) is 12.5 Å². The maximum Gasteiger partial charge on any atom is 0.141 e. The van der Waals surface area contributed by atoms with Crippen molar-refractivity contribution in [1.29, 1.82) is 0 Å². The molecule has 0 radical (unpaired) electrons. The minimum atomic E-state index is -0.354. The minimum Gasteiger partial charge on any atom is -0.496 e. The molecule has 100 valence electrons. The molecule has 19 heavy (non-hydrogen) atoms. The van der Waals surface area contributed by atoms with Gasteiger partial charge in [0.1, 0.15) is 11.6 Å². The summed E-state index contributed by atoms with van der Waals surface area (Å²) >= 11 is 3.18. The van der Waals surface area contributed by atoms with Gasteiger partial charge in [0, 0.05) is 17.7 Å². The van der Waals surface area contributed by atoms with E-state index in [4.69, 9.17) is 10.5 Å². The molecule has 0 aliphatic rings. The molecule has 2 aromatic carbocycles. The number of rotatable bonds is 4. The molecule has 0 saturated heterocycles. The number of methoxy groups -OCH3 is 1. The average molecular weight is 324 g/mol. The van der Waals surface area contributed by atoms with Crippen LogP contribution in [0.25, 0.3) is 0 Å². The largest absolute Gasteiger partial charge is 0.496 e. The molecule has 0 fully saturated rings. The predicted molar refractivity (Wildman–Crippen MR) is 77.7 cm³/mol. The number of hydrogen-bond donors (Lipinski definition) is 1. The molecule has 2 nitrogen and oxygen atoms in total. The quantitative estimate of drug-likeness (QED) is 0.927. The van der Waals surface area contributed by atoms with E-state index in [-0.39, 0.29) is 11.9 Å². The van der Waals surface area contributed by atoms with Gasteiger partial charge in [0.05, 0.1) is 11.6 Å². The van der Waals surface area contributed by atoms with E-state index in [0.29, 0.717) is 16.6 Å². The first-order chi connectivity index (χ1) is 9.11. The topological polar surface area (TPSA) is 35.2 Å². The van der Waals surface area contributed by atoms with Gasteiger partial charge in [-0.15, -0.1) is 0 Å². The number of ether oxygens (including phenoxy) is 1. The van der Waals surface area contributed by atoms with Gasteiger partial charge in [0.25, 0.3) is 0 Å². The highest BCUT2D eigenvalue weighted by Crippen LogP contribution is 2.31. The Hall–Kier alpha value is -1.39. The number of benzene rings is 2. The summed E-state index contributed by atoms with van der Waals surface area (Å²) in [6.07, 6.45) is 0.676. The second-order valence-corrected chi connectivity index (χ2v) is 5.16. The summed E-state index contributed by atoms with van der Waals surface area (Å²) in [5.41, 5.74) is 8.13. The Kier molecular flexibility index (Phi) is 4.56. The summed E-state index contributed by atoms with van der Waals surface area (Å²) in [4.78, 5) is 0. The van der Waals surface area contributed by atoms with Gasteiger partial charge in [-0.1, -0.05) is 30.3 Å². The van der Waals surface area contributed by atoms with Gasteiger partial charge in [-0.2, -0.15) is 0 Å². The first-order valence-corrected chi connectivity index (χ1v) is 6.73. The van der Waals surface area contributed by atoms with Crippen LogP contribution < -0.4 is 10.5 Å². The summed E-state index contributed by atoms with van der Waals surface area (Å²) in [7, 11) is 1.52. The maximum atomic E-state index is 13.5. The molecule has 0 aromatic heterocycles. The van der Waals surface area contributed by atoms with Crippen LogP contribution in [0.15, 0.2) is 46.9 Å². The van der Waals surface area contributed by atoms with Crippen molar-refractivity contribution in [2.75, 3.05) is 7.11 Å². The summed E-state index contributed by atoms with van der Waals surface area (Å²) in [6, 6.07) is 12.7. The highest BCUT2D eigenvalue weighted by molar-refractivity contribution is 9.10. The fourth-order valence-corrected chi connectivity index (χ4v) is 2.35. The molecule has 0 heterocycles. The van der Waals surface area contributed by atoms with E-state index in [2.05, 4.69) is 15.9 Å². The van der Waals surface area contributed by atoms with Crippen LogP contribution in [0.3, 0.4) is 0 Å². The third-order valence-electron chi connectivity index (χ3n) is 2.97. The Morgan fingerprint density at radius 1 is 1.26 bits per heavy atom. The first-order valence-electron chi connectivity index (χ1n) is 5.94. The van der Waals surface area contributed by atoms with Crippen LogP contribution in [-0.4, -0.2) is 7.11 Å². The molecule has 1 unspecified atom stereocenters. The Morgan fingerprint density at radius 3 is 2.58 bits per heavy atom. The molecule has 1 atom stereocenters. The van der Waals surface area contributed by atoms with Gasteiger partial charge in [0.15, 0.2) is 0 Å². The molecule has 0 aliphatic heterocycles. The van der Waals surface area contributed by atoms with E-state index in [9.17, 15) is 4.39 Å². The molecule has 2 N–H and O–H groups in total. The van der Waals surface area contributed by atoms with E-state index < -0.39 is 0 Å². The molecule has 4 heteroatoms. The number of nitrogens with two attached hydrogens (primary N) is 1. The van der Waals surface area contributed by atoms with Gasteiger partial charge in [0.2, 0.25) is 0 Å². The van der Waals surface area contributed by atoms with E-state index in [0.717, 1.165) is 11.1 Å². The zero-order valence-corrected chi connectivity index (χ0v) is 12.2. The Morgan fingerprint density at radius 2 is 1.95 bits per heavy atom. The van der Waals surface area contributed by atoms with Crippen molar-refractivity contribution >= 4 is 15.9 Å². The molecule has 0 spiro atoms. The van der Waals surface area contributed by atoms with Crippen LogP contribution in [-0.2, 0) is 6.42 Å². The van der Waals surface area contributed by atoms with Gasteiger partial charge < -0.3 is 10.5 Å². The fourth-order valence-electron chi connectivity index (χ4n) is 1.99. The normalized spacial score (nSPS) is 12.2. The molecule has 0 aliphatic carbocycles. The third kappa shape index (κ3) is 3.33. The summed E-state index contributed by atoms with van der Waals surface area (Å²) < 4.78 is 19.1. The zero-order chi connectivity index (χ0) is 13.8. The Balaban J connectivity index is 2.28. The van der Waals surface area contributed by atoms with Gasteiger partial charge in [-0.25, -0.2) is 4.39 Å². The van der Waals surface area contributed by atoms with Crippen LogP contribution >= 0.6 is 15.9 Å². The second-order valence-electron chi connectivity index (χ2n) is 4.30. The molecule has 2 rings (SSSR count). The summed E-state index contributed by atoms with van der Waals surface area (Å²) in [6.45, 7) is 0. The van der Waals surface area contributed by atoms with E-state index >= 15 is 0 Å². The lowest BCUT2D eigenvalue weighted by molar-refractivity contribution is 0.401. The van der Waals surface area contributed by atoms with Crippen molar-refractivity contribution < 1.29 is 9.13 Å². The van der Waals surface area contributed by atoms with Crippen LogP contribution in [0.2, 0.25) is 0 Å². The molecule has 0 amide bonds. The van der Waals surface area contributed by atoms with E-state index in [1.165, 1.54) is 13.2 Å². The van der Waals surface area contributed by atoms with Gasteiger partial charge >= 0.3 is 0 Å². The lowest BCUT2D eigenvalue weighted by atomic mass is 9.99. The van der Waals surface area contributed by atoms with Crippen LogP contribution in [0, 0.1) is 5.82 Å². The number of halogens is 2. The summed E-state index contributed by atoms with van der Waals surface area (Å²) in [5, 5.41) is 0. The van der Waals surface area contributed by atoms with Crippen molar-refractivity contribution in [3.8, 4) is 5.75 Å². The standard InChI is InChI=1S/C15H15BrFNO/c1-19-15-9-13(17)12(16)8-11(15)14(18)7-10-5-3-2-4-6-10/h2-6,8-9,14H,7,18H2,1H3. The lowest BCUT2D eigenvalue weighted by Crippen LogP contribution is -2.14. The van der Waals surface area contributed by atoms with Crippen molar-refractivity contribution in [3.05, 3.63) is 63.9 Å². The molecule has 0 saturated carbocycles. The van der Waals surface area contributed by atoms with Gasteiger partial charge in [-0.05, 0) is 34.0 Å². The number of hydrogen-bond acceptors (Lipinski definition) is 2. The third-order valence-corrected chi connectivity index (χ3v) is 3.58. The highest BCUT2D eigenvalue weighted by Gasteiger charge is 2.15. The minimum absolute atomic E-state index is 0.241. The summed E-state index contributed by atoms with van der Waals surface area (Å²) in [5.74, 6) is 0.122. The smallest absolute Gasteiger partial charge is 0.141 e. The van der Waals surface area contributed by atoms with Crippen molar-refractivity contribution in [3.63, 3.8) is 0 Å². The molecule has 0 bridgehead atoms. The van der Waals surface area contributed by atoms with Crippen molar-refractivity contribution in [1.82, 2.24) is 0 Å². The van der Waals surface area contributed by atoms with Gasteiger partial charge in [-0.3, -0.25) is 0 Å². The van der Waals surface area contributed by atoms with E-state index in [1.54, 1.807) is 6.07 Å². The second kappa shape index (κ2) is 6.17. The van der Waals surface area contributed by atoms with Crippen molar-refractivity contribution in [2.24, 2.45) is 5.73 Å². The van der Waals surface area contributed by atoms with Crippen LogP contribution in [0.5, 0.6) is 5.75 Å². The molecular weight excluding hydrogens is 309 g/mol. The predicted octanol–water partition coefficient (Wildman–Crippen LogP) is 3.84. The molecule has 2 aromatic rings. The first kappa shape index (κ1) is 14.0. The fraction of sp³-hybridized carbons (Fsp3) is 0.200. The van der Waals surface area contributed by atoms with Crippen LogP contribution in [0.4, 0.5) is 4.39 Å². The van der Waals surface area contributed by atoms with E-state index in [1.807, 2.05) is 30.3 Å². The van der Waals surface area contributed by atoms with Crippen LogP contribution in [0.1, 0.15) is 17.2 Å². The zero-order valence-electron chi connectivity index (χ0n) is 10.6. The monoisotopic (exact) mass is 323 g/mol. The SMILES string of the molecule is COc1cc(F)c(Br)cc1C(N)Cc1ccccc1. The highest BCUT2D eigenvalue weighted by atomic mass is 79.9. The maximum absolute atomic E-state index is 13.5. The Labute approximate surface area is 120 Å². The lowest BCUT2D eigenvalue weighted by Gasteiger charge is -2.16. The Bertz CT molecular complexity index is 560.